The standard InChI is InChI=1S/C36H58I2/c1-25-10-3-4-16-32(25)33-18-9-14-28(34-17-5-6-19-36(34)38-23-27-11-7-12-27)13-8-15-29(33)24-37-31-21-30-20-26(2)35(30)22-31/h4,16,18,25-32,34-36H,3,5-15,17,19-24H2,1-2H3/q-2/b33-18+/t25-,26?,28?,29?,30?,31-,32?,34+,35?,36+/m0/s1. The molecule has 0 aromatic rings. The zero-order chi connectivity index (χ0) is 25.9. The molecule has 0 aromatic carbocycles. The van der Waals surface area contributed by atoms with Gasteiger partial charge in [-0.1, -0.05) is 0 Å². The van der Waals surface area contributed by atoms with Crippen LogP contribution >= 0.6 is 0 Å². The van der Waals surface area contributed by atoms with Gasteiger partial charge in [0, 0.05) is 0 Å². The zero-order valence-corrected chi connectivity index (χ0v) is 29.1. The summed E-state index contributed by atoms with van der Waals surface area (Å²) in [6.07, 6.45) is 34.2. The Morgan fingerprint density at radius 3 is 2.34 bits per heavy atom. The van der Waals surface area contributed by atoms with E-state index >= 15 is 0 Å². The minimum absolute atomic E-state index is 0.368. The minimum atomic E-state index is 0.368. The molecule has 6 rings (SSSR count). The summed E-state index contributed by atoms with van der Waals surface area (Å²) in [5, 5.41) is 0. The maximum atomic E-state index is 2.88. The Kier molecular flexibility index (Phi) is 10.7. The van der Waals surface area contributed by atoms with Gasteiger partial charge >= 0.3 is 259 Å². The normalized spacial score (nSPS) is 45.8. The first-order valence-corrected chi connectivity index (χ1v) is 22.7. The van der Waals surface area contributed by atoms with Gasteiger partial charge in [-0.25, -0.2) is 0 Å². The van der Waals surface area contributed by atoms with Gasteiger partial charge in [0.1, 0.15) is 0 Å². The molecular weight excluding hydrogens is 686 g/mol. The van der Waals surface area contributed by atoms with Gasteiger partial charge in [0.15, 0.2) is 0 Å². The summed E-state index contributed by atoms with van der Waals surface area (Å²) in [6, 6.07) is 0. The predicted molar refractivity (Wildman–Crippen MR) is 156 cm³/mol. The molecule has 6 unspecified atom stereocenters. The van der Waals surface area contributed by atoms with Gasteiger partial charge in [0.2, 0.25) is 0 Å². The molecule has 4 saturated carbocycles. The Hall–Kier alpha value is 0.940. The Morgan fingerprint density at radius 1 is 0.684 bits per heavy atom. The van der Waals surface area contributed by atoms with Gasteiger partial charge in [-0.2, -0.15) is 0 Å². The third-order valence-electron chi connectivity index (χ3n) is 12.3. The number of allylic oxidation sites excluding steroid dienone is 4. The molecule has 218 valence electrons. The Labute approximate surface area is 257 Å². The average Bonchev–Trinajstić information content (AvgIpc) is 3.28. The van der Waals surface area contributed by atoms with E-state index in [1.807, 2.05) is 5.57 Å². The van der Waals surface area contributed by atoms with Crippen molar-refractivity contribution in [2.24, 2.45) is 53.3 Å². The summed E-state index contributed by atoms with van der Waals surface area (Å²) >= 11 is 0.813. The first kappa shape index (κ1) is 29.0. The molecule has 10 atom stereocenters. The predicted octanol–water partition coefficient (Wildman–Crippen LogP) is 3.68. The second kappa shape index (κ2) is 13.9. The maximum absolute atomic E-state index is 2.88. The van der Waals surface area contributed by atoms with Crippen LogP contribution in [0, 0.1) is 53.3 Å². The first-order valence-electron chi connectivity index (χ1n) is 17.2. The summed E-state index contributed by atoms with van der Waals surface area (Å²) in [5.41, 5.74) is 1.95. The summed E-state index contributed by atoms with van der Waals surface area (Å²) in [7, 11) is 0. The van der Waals surface area contributed by atoms with Crippen LogP contribution in [0.5, 0.6) is 0 Å². The summed E-state index contributed by atoms with van der Waals surface area (Å²) in [6.45, 7) is 5.12. The summed E-state index contributed by atoms with van der Waals surface area (Å²) in [4.78, 5) is 0. The molecule has 38 heavy (non-hydrogen) atoms. The van der Waals surface area contributed by atoms with Gasteiger partial charge in [0.05, 0.1) is 0 Å². The number of rotatable bonds is 8. The third kappa shape index (κ3) is 6.94. The first-order chi connectivity index (χ1) is 18.7. The number of fused-ring (bicyclic) bond motifs is 1. The second-order valence-electron chi connectivity index (χ2n) is 14.8. The van der Waals surface area contributed by atoms with E-state index in [2.05, 4.69) is 32.1 Å². The van der Waals surface area contributed by atoms with E-state index in [1.165, 1.54) is 36.0 Å². The molecule has 0 aliphatic heterocycles. The molecule has 6 aliphatic rings. The van der Waals surface area contributed by atoms with Crippen LogP contribution in [0.25, 0.3) is 0 Å². The summed E-state index contributed by atoms with van der Waals surface area (Å²) in [5.74, 6) is 9.22. The molecule has 0 spiro atoms. The second-order valence-corrected chi connectivity index (χ2v) is 21.6. The van der Waals surface area contributed by atoms with Crippen LogP contribution in [0.2, 0.25) is 0 Å². The van der Waals surface area contributed by atoms with Crippen molar-refractivity contribution in [2.75, 3.05) is 8.86 Å². The van der Waals surface area contributed by atoms with Crippen LogP contribution in [-0.2, 0) is 0 Å². The average molecular weight is 745 g/mol. The van der Waals surface area contributed by atoms with Gasteiger partial charge in [-0.3, -0.25) is 0 Å². The van der Waals surface area contributed by atoms with E-state index in [9.17, 15) is 0 Å². The molecule has 2 heteroatoms. The molecular formula is C36H58I2-2. The number of hydrogen-bond donors (Lipinski definition) is 0. The third-order valence-corrected chi connectivity index (χ3v) is 20.6. The van der Waals surface area contributed by atoms with E-state index in [-0.39, 0.29) is 0 Å². The van der Waals surface area contributed by atoms with Crippen LogP contribution in [0.4, 0.5) is 0 Å². The molecule has 0 bridgehead atoms. The van der Waals surface area contributed by atoms with Crippen LogP contribution in [0.1, 0.15) is 123 Å². The van der Waals surface area contributed by atoms with Crippen LogP contribution in [0.3, 0.4) is 0 Å². The Balaban J connectivity index is 1.11. The molecule has 6 aliphatic carbocycles. The van der Waals surface area contributed by atoms with Gasteiger partial charge in [-0.15, -0.1) is 0 Å². The van der Waals surface area contributed by atoms with Crippen molar-refractivity contribution in [3.8, 4) is 0 Å². The fraction of sp³-hybridized carbons (Fsp3) is 0.889. The zero-order valence-electron chi connectivity index (χ0n) is 24.8. The van der Waals surface area contributed by atoms with Crippen LogP contribution in [0.15, 0.2) is 23.8 Å². The molecule has 0 heterocycles. The van der Waals surface area contributed by atoms with E-state index in [0.29, 0.717) is 42.4 Å². The van der Waals surface area contributed by atoms with Gasteiger partial charge in [-0.05, 0) is 0 Å². The van der Waals surface area contributed by atoms with Gasteiger partial charge in [0.25, 0.3) is 0 Å². The van der Waals surface area contributed by atoms with E-state index < -0.39 is 0 Å². The summed E-state index contributed by atoms with van der Waals surface area (Å²) < 4.78 is 5.64. The number of hydrogen-bond acceptors (Lipinski definition) is 0. The van der Waals surface area contributed by atoms with Crippen molar-refractivity contribution >= 4 is 0 Å². The molecule has 4 fully saturated rings. The fourth-order valence-corrected chi connectivity index (χ4v) is 18.6. The van der Waals surface area contributed by atoms with Crippen molar-refractivity contribution in [1.82, 2.24) is 0 Å². The quantitative estimate of drug-likeness (QED) is 0.203. The topological polar surface area (TPSA) is 0 Å². The number of halogens is 2. The van der Waals surface area contributed by atoms with Gasteiger partial charge < -0.3 is 0 Å². The molecule has 0 aromatic heterocycles. The van der Waals surface area contributed by atoms with E-state index in [0.717, 1.165) is 57.2 Å². The SMILES string of the molecule is CC1CC2C[C@H]([I-]CC3CCCC([C@H]4CCCC[C@H]4[I-]CC4CCC4)CC/C=C\3C3C=CCC[C@@H]3C)CC12. The molecule has 0 radical (unpaired) electrons. The van der Waals surface area contributed by atoms with Crippen molar-refractivity contribution in [3.63, 3.8) is 0 Å². The van der Waals surface area contributed by atoms with E-state index in [1.54, 1.807) is 85.9 Å². The Morgan fingerprint density at radius 2 is 1.55 bits per heavy atom. The molecule has 0 N–H and O–H groups in total. The molecule has 0 amide bonds. The Bertz CT molecular complexity index is 810. The van der Waals surface area contributed by atoms with Crippen molar-refractivity contribution in [2.45, 2.75) is 131 Å². The number of alkyl halides is 4. The fourth-order valence-electron chi connectivity index (χ4n) is 9.58. The van der Waals surface area contributed by atoms with Crippen LogP contribution in [-0.4, -0.2) is 16.7 Å². The monoisotopic (exact) mass is 744 g/mol. The van der Waals surface area contributed by atoms with E-state index in [4.69, 9.17) is 0 Å². The van der Waals surface area contributed by atoms with Crippen molar-refractivity contribution < 1.29 is 42.4 Å². The molecule has 0 nitrogen and oxygen atoms in total. The van der Waals surface area contributed by atoms with Crippen LogP contribution < -0.4 is 42.4 Å². The molecule has 0 saturated heterocycles. The van der Waals surface area contributed by atoms with Crippen molar-refractivity contribution in [1.29, 1.82) is 0 Å². The van der Waals surface area contributed by atoms with Crippen molar-refractivity contribution in [3.05, 3.63) is 23.8 Å².